The fraction of sp³-hybridized carbons (Fsp3) is 0.605. The van der Waals surface area contributed by atoms with Crippen molar-refractivity contribution >= 4 is 5.91 Å². The Kier molecular flexibility index (Phi) is 30.6. The third kappa shape index (κ3) is 29.4. The van der Waals surface area contributed by atoms with Crippen LogP contribution in [-0.4, -0.2) is 46.1 Å². The average Bonchev–Trinajstić information content (AvgIpc) is 3.01. The first-order valence-corrected chi connectivity index (χ1v) is 16.9. The Morgan fingerprint density at radius 1 is 0.651 bits per heavy atom. The number of allylic oxidation sites excluding steroid dienone is 12. The maximum absolute atomic E-state index is 12.3. The molecule has 0 aromatic rings. The number of carbonyl (C=O) groups is 1. The van der Waals surface area contributed by atoms with Crippen molar-refractivity contribution in [3.05, 3.63) is 85.1 Å². The zero-order valence-electron chi connectivity index (χ0n) is 27.3. The number of hydrogen-bond acceptors (Lipinski definition) is 4. The van der Waals surface area contributed by atoms with Crippen LogP contribution in [0.1, 0.15) is 123 Å². The molecule has 244 valence electrons. The monoisotopic (exact) mass is 597 g/mol. The van der Waals surface area contributed by atoms with Gasteiger partial charge in [0.25, 0.3) is 0 Å². The molecule has 0 aliphatic carbocycles. The number of unbranched alkanes of at least 4 members (excludes halogenated alkanes) is 9. The van der Waals surface area contributed by atoms with Gasteiger partial charge < -0.3 is 20.6 Å². The molecule has 5 nitrogen and oxygen atoms in total. The molecular weight excluding hydrogens is 534 g/mol. The third-order valence-electron chi connectivity index (χ3n) is 7.00. The minimum atomic E-state index is -0.937. The van der Waals surface area contributed by atoms with E-state index < -0.39 is 18.2 Å². The van der Waals surface area contributed by atoms with Crippen LogP contribution in [0.4, 0.5) is 0 Å². The van der Waals surface area contributed by atoms with Gasteiger partial charge in [-0.3, -0.25) is 4.79 Å². The predicted molar refractivity (Wildman–Crippen MR) is 185 cm³/mol. The lowest BCUT2D eigenvalue weighted by Gasteiger charge is -2.20. The van der Waals surface area contributed by atoms with Crippen LogP contribution in [0.15, 0.2) is 85.1 Å². The first-order valence-electron chi connectivity index (χ1n) is 16.9. The van der Waals surface area contributed by atoms with Gasteiger partial charge in [-0.05, 0) is 51.4 Å². The quantitative estimate of drug-likeness (QED) is 0.0412. The number of aliphatic hydroxyl groups excluding tert-OH is 3. The minimum Gasteiger partial charge on any atom is -0.394 e. The Hall–Kier alpha value is -2.47. The topological polar surface area (TPSA) is 89.8 Å². The van der Waals surface area contributed by atoms with Crippen molar-refractivity contribution in [3.63, 3.8) is 0 Å². The Morgan fingerprint density at radius 2 is 1.19 bits per heavy atom. The molecule has 3 atom stereocenters. The summed E-state index contributed by atoms with van der Waals surface area (Å²) < 4.78 is 0. The van der Waals surface area contributed by atoms with E-state index in [1.807, 2.05) is 18.2 Å². The van der Waals surface area contributed by atoms with Crippen LogP contribution >= 0.6 is 0 Å². The highest BCUT2D eigenvalue weighted by molar-refractivity contribution is 5.76. The van der Waals surface area contributed by atoms with Crippen molar-refractivity contribution in [3.8, 4) is 0 Å². The van der Waals surface area contributed by atoms with E-state index in [0.29, 0.717) is 0 Å². The minimum absolute atomic E-state index is 0.114. The van der Waals surface area contributed by atoms with E-state index in [1.165, 1.54) is 51.4 Å². The number of nitrogens with one attached hydrogen (secondary N) is 1. The van der Waals surface area contributed by atoms with Gasteiger partial charge >= 0.3 is 0 Å². The second kappa shape index (κ2) is 32.4. The molecule has 0 rings (SSSR count). The molecule has 0 aromatic carbocycles. The summed E-state index contributed by atoms with van der Waals surface area (Å²) in [5.41, 5.74) is 0. The van der Waals surface area contributed by atoms with Crippen LogP contribution in [0.3, 0.4) is 0 Å². The van der Waals surface area contributed by atoms with Gasteiger partial charge in [0.15, 0.2) is 0 Å². The van der Waals surface area contributed by atoms with Crippen LogP contribution in [0, 0.1) is 0 Å². The number of aliphatic hydroxyl groups is 3. The second-order valence-electron chi connectivity index (χ2n) is 11.0. The average molecular weight is 598 g/mol. The zero-order valence-corrected chi connectivity index (χ0v) is 27.3. The van der Waals surface area contributed by atoms with Crippen LogP contribution in [0.5, 0.6) is 0 Å². The van der Waals surface area contributed by atoms with Gasteiger partial charge in [0.2, 0.25) is 5.91 Å². The molecule has 5 heteroatoms. The SMILES string of the molecule is CC/C=C\C/C=C\C/C=C\C/C=C\C/C=C\C=C/C(O)CCC(=O)N[C@@H](CO)[C@H](O)/C=C/CCCCCCCCCCC. The Labute approximate surface area is 264 Å². The van der Waals surface area contributed by atoms with Crippen LogP contribution < -0.4 is 5.32 Å². The summed E-state index contributed by atoms with van der Waals surface area (Å²) in [5, 5.41) is 32.8. The Balaban J connectivity index is 4.00. The van der Waals surface area contributed by atoms with Gasteiger partial charge in [-0.1, -0.05) is 150 Å². The predicted octanol–water partition coefficient (Wildman–Crippen LogP) is 8.75. The smallest absolute Gasteiger partial charge is 0.220 e. The highest BCUT2D eigenvalue weighted by Gasteiger charge is 2.18. The summed E-state index contributed by atoms with van der Waals surface area (Å²) in [5.74, 6) is -0.298. The molecule has 0 heterocycles. The molecule has 0 bridgehead atoms. The second-order valence-corrected chi connectivity index (χ2v) is 11.0. The molecule has 0 fully saturated rings. The standard InChI is InChI=1S/C38H63NO4/c1-3-5-7-9-11-13-15-16-17-18-19-21-22-24-26-28-30-35(41)32-33-38(43)39-36(34-40)37(42)31-29-27-25-23-20-14-12-10-8-6-4-2/h5,7,11,13,16-17,19,21,24,26,28-31,35-37,40-42H,3-4,6,8-10,12,14-15,18,20,22-23,25,27,32-34H2,1-2H3,(H,39,43)/b7-5-,13-11-,17-16-,21-19-,26-24-,30-28-,31-29+/t35?,36-,37+/m0/s1. The van der Waals surface area contributed by atoms with Gasteiger partial charge in [-0.2, -0.15) is 0 Å². The molecule has 0 saturated carbocycles. The zero-order chi connectivity index (χ0) is 31.6. The largest absolute Gasteiger partial charge is 0.394 e. The van der Waals surface area contributed by atoms with Crippen LogP contribution in [0.2, 0.25) is 0 Å². The maximum atomic E-state index is 12.3. The van der Waals surface area contributed by atoms with Crippen LogP contribution in [-0.2, 0) is 4.79 Å². The van der Waals surface area contributed by atoms with Crippen molar-refractivity contribution in [2.45, 2.75) is 141 Å². The molecule has 1 amide bonds. The number of carbonyl (C=O) groups excluding carboxylic acids is 1. The summed E-state index contributed by atoms with van der Waals surface area (Å²) in [6.45, 7) is 4.03. The molecule has 0 aliphatic rings. The van der Waals surface area contributed by atoms with Crippen molar-refractivity contribution in [2.75, 3.05) is 6.61 Å². The van der Waals surface area contributed by atoms with Gasteiger partial charge in [-0.25, -0.2) is 0 Å². The van der Waals surface area contributed by atoms with Gasteiger partial charge in [0, 0.05) is 6.42 Å². The summed E-state index contributed by atoms with van der Waals surface area (Å²) in [6, 6.07) is -0.749. The highest BCUT2D eigenvalue weighted by Crippen LogP contribution is 2.11. The number of amides is 1. The molecular formula is C38H63NO4. The summed E-state index contributed by atoms with van der Waals surface area (Å²) >= 11 is 0. The molecule has 43 heavy (non-hydrogen) atoms. The molecule has 0 radical (unpaired) electrons. The first kappa shape index (κ1) is 40.5. The van der Waals surface area contributed by atoms with E-state index in [1.54, 1.807) is 18.2 Å². The Bertz CT molecular complexity index is 837. The molecule has 4 N–H and O–H groups in total. The lowest BCUT2D eigenvalue weighted by Crippen LogP contribution is -2.45. The van der Waals surface area contributed by atoms with E-state index in [0.717, 1.165) is 44.9 Å². The molecule has 0 aromatic heterocycles. The van der Waals surface area contributed by atoms with Gasteiger partial charge in [-0.15, -0.1) is 0 Å². The van der Waals surface area contributed by atoms with Crippen molar-refractivity contribution in [1.82, 2.24) is 5.32 Å². The van der Waals surface area contributed by atoms with E-state index in [2.05, 4.69) is 67.8 Å². The molecule has 0 aliphatic heterocycles. The van der Waals surface area contributed by atoms with E-state index >= 15 is 0 Å². The Morgan fingerprint density at radius 3 is 1.74 bits per heavy atom. The molecule has 1 unspecified atom stereocenters. The van der Waals surface area contributed by atoms with E-state index in [4.69, 9.17) is 0 Å². The maximum Gasteiger partial charge on any atom is 0.220 e. The summed E-state index contributed by atoms with van der Waals surface area (Å²) in [7, 11) is 0. The summed E-state index contributed by atoms with van der Waals surface area (Å²) in [6.07, 6.45) is 44.1. The number of hydrogen-bond donors (Lipinski definition) is 4. The van der Waals surface area contributed by atoms with Crippen molar-refractivity contribution in [2.24, 2.45) is 0 Å². The normalized spacial score (nSPS) is 15.0. The van der Waals surface area contributed by atoms with Crippen LogP contribution in [0.25, 0.3) is 0 Å². The lowest BCUT2D eigenvalue weighted by atomic mass is 10.1. The molecule has 0 saturated heterocycles. The van der Waals surface area contributed by atoms with Crippen molar-refractivity contribution in [1.29, 1.82) is 0 Å². The van der Waals surface area contributed by atoms with Gasteiger partial charge in [0.1, 0.15) is 0 Å². The number of rotatable bonds is 28. The van der Waals surface area contributed by atoms with E-state index in [-0.39, 0.29) is 25.4 Å². The first-order chi connectivity index (χ1) is 21.0. The third-order valence-corrected chi connectivity index (χ3v) is 7.00. The lowest BCUT2D eigenvalue weighted by molar-refractivity contribution is -0.123. The fourth-order valence-corrected chi connectivity index (χ4v) is 4.34. The fourth-order valence-electron chi connectivity index (χ4n) is 4.34. The van der Waals surface area contributed by atoms with Crippen molar-refractivity contribution < 1.29 is 20.1 Å². The highest BCUT2D eigenvalue weighted by atomic mass is 16.3. The molecule has 0 spiro atoms. The van der Waals surface area contributed by atoms with Gasteiger partial charge in [0.05, 0.1) is 24.9 Å². The summed E-state index contributed by atoms with van der Waals surface area (Å²) in [4.78, 5) is 12.3. The van der Waals surface area contributed by atoms with E-state index in [9.17, 15) is 20.1 Å².